The van der Waals surface area contributed by atoms with Crippen molar-refractivity contribution in [1.29, 1.82) is 0 Å². The Morgan fingerprint density at radius 3 is 2.83 bits per heavy atom. The van der Waals surface area contributed by atoms with Crippen LogP contribution >= 0.6 is 0 Å². The molecule has 0 saturated heterocycles. The maximum absolute atomic E-state index is 12.0. The minimum atomic E-state index is -0.0450. The Bertz CT molecular complexity index is 670. The van der Waals surface area contributed by atoms with Gasteiger partial charge in [-0.1, -0.05) is 49.6 Å². The molecule has 120 valence electrons. The SMILES string of the molecule is C=CC(=O)N1Cc2ccccc2[C@@H](C(=C)/C=C\C=C(/C)OC)C1. The summed E-state index contributed by atoms with van der Waals surface area (Å²) < 4.78 is 5.11. The van der Waals surface area contributed by atoms with Gasteiger partial charge in [0.1, 0.15) is 0 Å². The van der Waals surface area contributed by atoms with Crippen molar-refractivity contribution in [3.05, 3.63) is 84.2 Å². The van der Waals surface area contributed by atoms with Crippen molar-refractivity contribution in [2.75, 3.05) is 13.7 Å². The van der Waals surface area contributed by atoms with E-state index in [-0.39, 0.29) is 11.8 Å². The lowest BCUT2D eigenvalue weighted by Gasteiger charge is -2.34. The first-order valence-corrected chi connectivity index (χ1v) is 7.63. The summed E-state index contributed by atoms with van der Waals surface area (Å²) in [6.45, 7) is 10.9. The van der Waals surface area contributed by atoms with Crippen molar-refractivity contribution < 1.29 is 9.53 Å². The number of benzene rings is 1. The second-order valence-corrected chi connectivity index (χ2v) is 5.59. The van der Waals surface area contributed by atoms with Crippen molar-refractivity contribution in [1.82, 2.24) is 4.90 Å². The van der Waals surface area contributed by atoms with Gasteiger partial charge in [-0.25, -0.2) is 0 Å². The molecule has 23 heavy (non-hydrogen) atoms. The molecule has 0 saturated carbocycles. The number of hydrogen-bond donors (Lipinski definition) is 0. The van der Waals surface area contributed by atoms with Crippen molar-refractivity contribution in [2.45, 2.75) is 19.4 Å². The number of nitrogens with zero attached hydrogens (tertiary/aromatic N) is 1. The third-order valence-corrected chi connectivity index (χ3v) is 4.09. The average molecular weight is 309 g/mol. The highest BCUT2D eigenvalue weighted by Crippen LogP contribution is 2.33. The number of carbonyl (C=O) groups excluding carboxylic acids is 1. The van der Waals surface area contributed by atoms with E-state index in [0.717, 1.165) is 16.9 Å². The number of hydrogen-bond acceptors (Lipinski definition) is 2. The first-order valence-electron chi connectivity index (χ1n) is 7.63. The highest BCUT2D eigenvalue weighted by molar-refractivity contribution is 5.87. The molecule has 1 aromatic rings. The van der Waals surface area contributed by atoms with Crippen molar-refractivity contribution in [3.8, 4) is 0 Å². The average Bonchev–Trinajstić information content (AvgIpc) is 2.59. The van der Waals surface area contributed by atoms with Gasteiger partial charge in [-0.15, -0.1) is 0 Å². The molecule has 0 bridgehead atoms. The third kappa shape index (κ3) is 4.01. The van der Waals surface area contributed by atoms with Crippen LogP contribution in [-0.4, -0.2) is 24.5 Å². The lowest BCUT2D eigenvalue weighted by atomic mass is 9.84. The van der Waals surface area contributed by atoms with Crippen LogP contribution in [0.15, 0.2) is 73.1 Å². The second-order valence-electron chi connectivity index (χ2n) is 5.59. The molecule has 0 spiro atoms. The number of ether oxygens (including phenoxy) is 1. The summed E-state index contributed by atoms with van der Waals surface area (Å²) in [4.78, 5) is 13.8. The van der Waals surface area contributed by atoms with E-state index < -0.39 is 0 Å². The van der Waals surface area contributed by atoms with Gasteiger partial charge < -0.3 is 9.64 Å². The molecule has 1 heterocycles. The van der Waals surface area contributed by atoms with Gasteiger partial charge in [-0.2, -0.15) is 0 Å². The fourth-order valence-corrected chi connectivity index (χ4v) is 2.71. The highest BCUT2D eigenvalue weighted by atomic mass is 16.5. The number of allylic oxidation sites excluding steroid dienone is 4. The summed E-state index contributed by atoms with van der Waals surface area (Å²) in [6, 6.07) is 8.21. The lowest BCUT2D eigenvalue weighted by Crippen LogP contribution is -2.37. The molecule has 3 heteroatoms. The first kappa shape index (κ1) is 16.8. The predicted molar refractivity (Wildman–Crippen MR) is 93.8 cm³/mol. The summed E-state index contributed by atoms with van der Waals surface area (Å²) in [5.41, 5.74) is 3.37. The smallest absolute Gasteiger partial charge is 0.246 e. The van der Waals surface area contributed by atoms with Gasteiger partial charge in [0.25, 0.3) is 0 Å². The number of fused-ring (bicyclic) bond motifs is 1. The number of carbonyl (C=O) groups is 1. The maximum Gasteiger partial charge on any atom is 0.246 e. The van der Waals surface area contributed by atoms with E-state index in [1.165, 1.54) is 11.6 Å². The molecule has 0 N–H and O–H groups in total. The molecule has 1 aliphatic rings. The molecule has 0 fully saturated rings. The van der Waals surface area contributed by atoms with Crippen LogP contribution in [0.4, 0.5) is 0 Å². The fourth-order valence-electron chi connectivity index (χ4n) is 2.71. The van der Waals surface area contributed by atoms with E-state index >= 15 is 0 Å². The largest absolute Gasteiger partial charge is 0.501 e. The number of rotatable bonds is 5. The van der Waals surface area contributed by atoms with Crippen molar-refractivity contribution >= 4 is 5.91 Å². The summed E-state index contributed by atoms with van der Waals surface area (Å²) in [5.74, 6) is 0.884. The van der Waals surface area contributed by atoms with Crippen LogP contribution in [0, 0.1) is 0 Å². The molecule has 0 radical (unpaired) electrons. The van der Waals surface area contributed by atoms with Crippen molar-refractivity contribution in [3.63, 3.8) is 0 Å². The molecular formula is C20H23NO2. The number of amides is 1. The van der Waals surface area contributed by atoms with Gasteiger partial charge in [-0.3, -0.25) is 4.79 Å². The molecule has 0 unspecified atom stereocenters. The molecule has 3 nitrogen and oxygen atoms in total. The molecule has 1 amide bonds. The second kappa shape index (κ2) is 7.63. The Morgan fingerprint density at radius 2 is 2.13 bits per heavy atom. The minimum absolute atomic E-state index is 0.0450. The van der Waals surface area contributed by atoms with Gasteiger partial charge in [0.2, 0.25) is 5.91 Å². The lowest BCUT2D eigenvalue weighted by molar-refractivity contribution is -0.127. The Labute approximate surface area is 138 Å². The zero-order valence-electron chi connectivity index (χ0n) is 13.8. The molecule has 0 aromatic heterocycles. The summed E-state index contributed by atoms with van der Waals surface area (Å²) in [5, 5.41) is 0. The molecule has 1 aliphatic heterocycles. The molecular weight excluding hydrogens is 286 g/mol. The predicted octanol–water partition coefficient (Wildman–Crippen LogP) is 3.96. The van der Waals surface area contributed by atoms with Crippen LogP contribution in [-0.2, 0) is 16.1 Å². The topological polar surface area (TPSA) is 29.5 Å². The number of methoxy groups -OCH3 is 1. The zero-order chi connectivity index (χ0) is 16.8. The van der Waals surface area contributed by atoms with E-state index in [0.29, 0.717) is 13.1 Å². The first-order chi connectivity index (χ1) is 11.1. The van der Waals surface area contributed by atoms with E-state index in [1.807, 2.05) is 42.2 Å². The van der Waals surface area contributed by atoms with Gasteiger partial charge in [0.05, 0.1) is 12.9 Å². The summed E-state index contributed by atoms with van der Waals surface area (Å²) >= 11 is 0. The third-order valence-electron chi connectivity index (χ3n) is 4.09. The van der Waals surface area contributed by atoms with Gasteiger partial charge in [0.15, 0.2) is 0 Å². The minimum Gasteiger partial charge on any atom is -0.501 e. The molecule has 1 atom stereocenters. The van der Waals surface area contributed by atoms with Crippen LogP contribution in [0.2, 0.25) is 0 Å². The Hall–Kier alpha value is -2.55. The van der Waals surface area contributed by atoms with Gasteiger partial charge in [-0.05, 0) is 35.8 Å². The Morgan fingerprint density at radius 1 is 1.39 bits per heavy atom. The Kier molecular flexibility index (Phi) is 5.58. The van der Waals surface area contributed by atoms with E-state index in [9.17, 15) is 4.79 Å². The molecule has 2 rings (SSSR count). The van der Waals surface area contributed by atoms with E-state index in [2.05, 4.69) is 25.3 Å². The molecule has 0 aliphatic carbocycles. The normalized spacial score (nSPS) is 17.7. The highest BCUT2D eigenvalue weighted by Gasteiger charge is 2.27. The van der Waals surface area contributed by atoms with Crippen LogP contribution in [0.1, 0.15) is 24.0 Å². The van der Waals surface area contributed by atoms with Crippen LogP contribution in [0.25, 0.3) is 0 Å². The van der Waals surface area contributed by atoms with Gasteiger partial charge in [0, 0.05) is 19.0 Å². The standard InChI is InChI=1S/C20H23NO2/c1-5-20(22)21-13-17-11-6-7-12-18(17)19(14-21)15(2)9-8-10-16(3)23-4/h5-12,19H,1-2,13-14H2,3-4H3/b9-8-,16-10+/t19-/m1/s1. The monoisotopic (exact) mass is 309 g/mol. The van der Waals surface area contributed by atoms with Crippen LogP contribution in [0.3, 0.4) is 0 Å². The van der Waals surface area contributed by atoms with Gasteiger partial charge >= 0.3 is 0 Å². The van der Waals surface area contributed by atoms with E-state index in [4.69, 9.17) is 4.74 Å². The quantitative estimate of drug-likeness (QED) is 0.468. The van der Waals surface area contributed by atoms with Crippen molar-refractivity contribution in [2.24, 2.45) is 0 Å². The van der Waals surface area contributed by atoms with E-state index in [1.54, 1.807) is 7.11 Å². The maximum atomic E-state index is 12.0. The summed E-state index contributed by atoms with van der Waals surface area (Å²) in [6.07, 6.45) is 7.17. The summed E-state index contributed by atoms with van der Waals surface area (Å²) in [7, 11) is 1.64. The van der Waals surface area contributed by atoms with Crippen LogP contribution < -0.4 is 0 Å². The molecule has 1 aromatic carbocycles. The fraction of sp³-hybridized carbons (Fsp3) is 0.250. The zero-order valence-corrected chi connectivity index (χ0v) is 13.8. The Balaban J connectivity index is 2.27. The van der Waals surface area contributed by atoms with Crippen LogP contribution in [0.5, 0.6) is 0 Å².